The molecule has 0 heterocycles. The summed E-state index contributed by atoms with van der Waals surface area (Å²) < 4.78 is 9.31. The summed E-state index contributed by atoms with van der Waals surface area (Å²) in [6, 6.07) is 2.57. The van der Waals surface area contributed by atoms with Crippen molar-refractivity contribution in [3.05, 3.63) is 46.0 Å². The van der Waals surface area contributed by atoms with Crippen LogP contribution in [0.3, 0.4) is 0 Å². The van der Waals surface area contributed by atoms with Crippen LogP contribution in [0.4, 0.5) is 0 Å². The van der Waals surface area contributed by atoms with Crippen LogP contribution in [0.1, 0.15) is 42.2 Å². The fourth-order valence-corrected chi connectivity index (χ4v) is 2.81. The molecule has 0 aliphatic carbocycles. The lowest BCUT2D eigenvalue weighted by atomic mass is 9.92. The van der Waals surface area contributed by atoms with Crippen molar-refractivity contribution in [3.63, 3.8) is 0 Å². The van der Waals surface area contributed by atoms with Gasteiger partial charge in [-0.2, -0.15) is 0 Å². The summed E-state index contributed by atoms with van der Waals surface area (Å²) in [6.07, 6.45) is -1.37. The van der Waals surface area contributed by atoms with E-state index in [1.807, 2.05) is 0 Å². The minimum atomic E-state index is -1.37. The zero-order valence-electron chi connectivity index (χ0n) is 16.4. The summed E-state index contributed by atoms with van der Waals surface area (Å²) >= 11 is 0. The van der Waals surface area contributed by atoms with Gasteiger partial charge in [0.25, 0.3) is 0 Å². The van der Waals surface area contributed by atoms with E-state index in [0.717, 1.165) is 25.3 Å². The summed E-state index contributed by atoms with van der Waals surface area (Å²) in [6.45, 7) is 0.0300. The molecule has 1 atom stereocenters. The third kappa shape index (κ3) is 4.68. The van der Waals surface area contributed by atoms with Gasteiger partial charge in [-0.3, -0.25) is 4.79 Å². The average Bonchev–Trinajstić information content (AvgIpc) is 2.70. The number of hydrogen-bond donors (Lipinski definition) is 6. The number of phenols is 4. The number of benzene rings is 2. The molecule has 0 fully saturated rings. The number of aromatic hydroxyl groups is 4. The molecule has 0 radical (unpaired) electrons. The van der Waals surface area contributed by atoms with Gasteiger partial charge in [0.15, 0.2) is 0 Å². The highest BCUT2D eigenvalue weighted by Gasteiger charge is 2.31. The van der Waals surface area contributed by atoms with Crippen molar-refractivity contribution in [1.29, 1.82) is 0 Å². The molecule has 11 nitrogen and oxygen atoms in total. The molecule has 0 amide bonds. The molecule has 2 aromatic rings. The Morgan fingerprint density at radius 1 is 0.935 bits per heavy atom. The van der Waals surface area contributed by atoms with Crippen molar-refractivity contribution in [1.82, 2.24) is 0 Å². The fourth-order valence-electron chi connectivity index (χ4n) is 2.81. The Morgan fingerprint density at radius 3 is 2.13 bits per heavy atom. The van der Waals surface area contributed by atoms with Crippen LogP contribution in [0, 0.1) is 6.92 Å². The molecule has 6 N–H and O–H groups in total. The molecule has 0 saturated carbocycles. The van der Waals surface area contributed by atoms with E-state index in [1.54, 1.807) is 0 Å². The molecule has 2 aromatic carbocycles. The minimum absolute atomic E-state index is 0.0122. The number of carbonyl (C=O) groups excluding carboxylic acids is 3. The van der Waals surface area contributed by atoms with E-state index in [2.05, 4.69) is 4.74 Å². The van der Waals surface area contributed by atoms with Crippen molar-refractivity contribution in [2.24, 2.45) is 0 Å². The van der Waals surface area contributed by atoms with E-state index >= 15 is 0 Å². The maximum atomic E-state index is 13.1. The Hall–Kier alpha value is -3.83. The van der Waals surface area contributed by atoms with E-state index < -0.39 is 82.3 Å². The third-order valence-corrected chi connectivity index (χ3v) is 4.26. The van der Waals surface area contributed by atoms with Crippen molar-refractivity contribution in [2.75, 3.05) is 20.3 Å². The highest BCUT2D eigenvalue weighted by molar-refractivity contribution is 6.19. The molecule has 0 aliphatic rings. The Kier molecular flexibility index (Phi) is 7.05. The van der Waals surface area contributed by atoms with Gasteiger partial charge in [-0.25, -0.2) is 9.59 Å². The summed E-state index contributed by atoms with van der Waals surface area (Å²) in [5.41, 5.74) is -2.59. The zero-order valence-corrected chi connectivity index (χ0v) is 16.4. The van der Waals surface area contributed by atoms with Gasteiger partial charge in [-0.05, 0) is 24.6 Å². The number of ether oxygens (including phenoxy) is 2. The Balaban J connectivity index is 2.64. The lowest BCUT2D eigenvalue weighted by molar-refractivity contribution is 0.00906. The number of hydrogen-bond acceptors (Lipinski definition) is 11. The summed E-state index contributed by atoms with van der Waals surface area (Å²) in [5, 5.41) is 58.7. The second kappa shape index (κ2) is 9.32. The smallest absolute Gasteiger partial charge is 0.342 e. The minimum Gasteiger partial charge on any atom is -0.508 e. The zero-order chi connectivity index (χ0) is 23.5. The number of phenolic OH excluding ortho intramolecular Hbond substituents is 4. The van der Waals surface area contributed by atoms with Crippen LogP contribution in [0.15, 0.2) is 18.2 Å². The summed E-state index contributed by atoms with van der Waals surface area (Å²) in [4.78, 5) is 37.4. The van der Waals surface area contributed by atoms with Gasteiger partial charge in [0.1, 0.15) is 46.8 Å². The van der Waals surface area contributed by atoms with Crippen LogP contribution in [-0.4, -0.2) is 74.8 Å². The summed E-state index contributed by atoms with van der Waals surface area (Å²) in [7, 11) is 0.993. The monoisotopic (exact) mass is 436 g/mol. The lowest BCUT2D eigenvalue weighted by Crippen LogP contribution is -2.22. The number of carbonyl (C=O) groups is 3. The molecule has 11 heteroatoms. The molecule has 0 bridgehead atoms. The van der Waals surface area contributed by atoms with Gasteiger partial charge in [0.05, 0.1) is 24.8 Å². The fraction of sp³-hybridized carbons (Fsp3) is 0.250. The first kappa shape index (κ1) is 23.4. The van der Waals surface area contributed by atoms with E-state index in [-0.39, 0.29) is 5.56 Å². The molecular weight excluding hydrogens is 416 g/mol. The van der Waals surface area contributed by atoms with E-state index in [0.29, 0.717) is 0 Å². The average molecular weight is 436 g/mol. The largest absolute Gasteiger partial charge is 0.508 e. The number of esters is 2. The third-order valence-electron chi connectivity index (χ3n) is 4.26. The first-order chi connectivity index (χ1) is 14.5. The van der Waals surface area contributed by atoms with Crippen molar-refractivity contribution < 1.29 is 54.5 Å². The lowest BCUT2D eigenvalue weighted by Gasteiger charge is -2.16. The van der Waals surface area contributed by atoms with Crippen LogP contribution in [0.2, 0.25) is 0 Å². The number of aliphatic hydroxyl groups excluding tert-OH is 2. The second-order valence-corrected chi connectivity index (χ2v) is 6.45. The molecule has 31 heavy (non-hydrogen) atoms. The number of ketones is 1. The molecule has 0 saturated heterocycles. The normalized spacial score (nSPS) is 11.6. The van der Waals surface area contributed by atoms with Crippen LogP contribution in [0.25, 0.3) is 0 Å². The standard InChI is InChI=1S/C20H20O11/c1-8-3-12(24)16(17(26)14(8)20(29)31-7-10(23)6-21)18(27)15-11(19(28)30-2)4-9(22)5-13(15)25/h3-5,10,21-26H,6-7H2,1-2H3. The van der Waals surface area contributed by atoms with E-state index in [4.69, 9.17) is 9.84 Å². The SMILES string of the molecule is COC(=O)c1cc(O)cc(O)c1C(=O)c1c(O)cc(C)c(C(=O)OCC(O)CO)c1O. The topological polar surface area (TPSA) is 191 Å². The highest BCUT2D eigenvalue weighted by atomic mass is 16.5. The highest BCUT2D eigenvalue weighted by Crippen LogP contribution is 2.38. The van der Waals surface area contributed by atoms with E-state index in [1.165, 1.54) is 6.92 Å². The van der Waals surface area contributed by atoms with Crippen molar-refractivity contribution in [2.45, 2.75) is 13.0 Å². The van der Waals surface area contributed by atoms with Gasteiger partial charge in [-0.15, -0.1) is 0 Å². The van der Waals surface area contributed by atoms with Crippen molar-refractivity contribution in [3.8, 4) is 23.0 Å². The predicted molar refractivity (Wildman–Crippen MR) is 102 cm³/mol. The van der Waals surface area contributed by atoms with Crippen LogP contribution < -0.4 is 0 Å². The van der Waals surface area contributed by atoms with Gasteiger partial charge in [-0.1, -0.05) is 0 Å². The Labute approximate surface area is 175 Å². The van der Waals surface area contributed by atoms with Gasteiger partial charge in [0.2, 0.25) is 5.78 Å². The quantitative estimate of drug-likeness (QED) is 0.259. The molecule has 2 rings (SSSR count). The van der Waals surface area contributed by atoms with Crippen LogP contribution in [0.5, 0.6) is 23.0 Å². The Bertz CT molecular complexity index is 1040. The molecule has 0 aromatic heterocycles. The van der Waals surface area contributed by atoms with Crippen LogP contribution >= 0.6 is 0 Å². The maximum absolute atomic E-state index is 13.1. The second-order valence-electron chi connectivity index (χ2n) is 6.45. The van der Waals surface area contributed by atoms with Gasteiger partial charge < -0.3 is 40.1 Å². The number of methoxy groups -OCH3 is 1. The molecule has 166 valence electrons. The molecule has 0 aliphatic heterocycles. The molecular formula is C20H20O11. The molecule has 1 unspecified atom stereocenters. The summed E-state index contributed by atoms with van der Waals surface area (Å²) in [5.74, 6) is -6.70. The first-order valence-electron chi connectivity index (χ1n) is 8.73. The van der Waals surface area contributed by atoms with Crippen LogP contribution in [-0.2, 0) is 9.47 Å². The predicted octanol–water partition coefficient (Wildman–Crippen LogP) is 0.345. The van der Waals surface area contributed by atoms with Gasteiger partial charge >= 0.3 is 11.9 Å². The number of rotatable bonds is 7. The Morgan fingerprint density at radius 2 is 1.55 bits per heavy atom. The first-order valence-corrected chi connectivity index (χ1v) is 8.73. The van der Waals surface area contributed by atoms with Gasteiger partial charge in [0, 0.05) is 6.07 Å². The number of aryl methyl sites for hydroxylation is 1. The van der Waals surface area contributed by atoms with E-state index in [9.17, 15) is 39.9 Å². The number of aliphatic hydroxyl groups is 2. The van der Waals surface area contributed by atoms with Crippen molar-refractivity contribution >= 4 is 17.7 Å². The molecule has 0 spiro atoms. The maximum Gasteiger partial charge on any atom is 0.342 e.